The largest absolute Gasteiger partial charge is 0.480 e. The third-order valence-electron chi connectivity index (χ3n) is 2.78. The molecule has 0 aliphatic rings. The highest BCUT2D eigenvalue weighted by atomic mass is 32.1. The molecule has 3 N–H and O–H groups in total. The van der Waals surface area contributed by atoms with Gasteiger partial charge in [0.05, 0.1) is 12.7 Å². The van der Waals surface area contributed by atoms with Crippen LogP contribution in [0.3, 0.4) is 0 Å². The van der Waals surface area contributed by atoms with Crippen molar-refractivity contribution in [3.8, 4) is 0 Å². The molecule has 1 aromatic carbocycles. The summed E-state index contributed by atoms with van der Waals surface area (Å²) in [5.74, 6) is -1.12. The molecule has 5 nitrogen and oxygen atoms in total. The molecule has 0 amide bonds. The Morgan fingerprint density at radius 2 is 2.21 bits per heavy atom. The van der Waals surface area contributed by atoms with E-state index in [1.165, 1.54) is 18.3 Å². The number of nitrogens with one attached hydrogen (secondary N) is 1. The van der Waals surface area contributed by atoms with Crippen LogP contribution < -0.4 is 5.32 Å². The number of hydrogen-bond acceptors (Lipinski definition) is 4. The van der Waals surface area contributed by atoms with Crippen molar-refractivity contribution in [2.24, 2.45) is 0 Å². The zero-order valence-electron chi connectivity index (χ0n) is 10.1. The number of aliphatic hydroxyl groups is 1. The molecule has 0 radical (unpaired) electrons. The zero-order valence-corrected chi connectivity index (χ0v) is 10.9. The van der Waals surface area contributed by atoms with Gasteiger partial charge in [0, 0.05) is 15.8 Å². The van der Waals surface area contributed by atoms with Crippen LogP contribution in [0.2, 0.25) is 0 Å². The van der Waals surface area contributed by atoms with Crippen molar-refractivity contribution >= 4 is 38.8 Å². The van der Waals surface area contributed by atoms with E-state index in [9.17, 15) is 9.90 Å². The van der Waals surface area contributed by atoms with Crippen LogP contribution in [0.5, 0.6) is 0 Å². The number of hydrogen-bond donors (Lipinski definition) is 3. The van der Waals surface area contributed by atoms with Crippen LogP contribution in [0.25, 0.3) is 14.9 Å². The fourth-order valence-corrected chi connectivity index (χ4v) is 2.70. The molecule has 2 atom stereocenters. The summed E-state index contributed by atoms with van der Waals surface area (Å²) in [6.45, 7) is 8.51. The Kier molecular flexibility index (Phi) is 3.69. The normalized spacial score (nSPS) is 13.7. The average Bonchev–Trinajstić information content (AvgIpc) is 2.84. The lowest BCUT2D eigenvalue weighted by atomic mass is 10.1. The molecule has 0 saturated heterocycles. The highest BCUT2D eigenvalue weighted by molar-refractivity contribution is 7.18. The quantitative estimate of drug-likeness (QED) is 0.751. The minimum absolute atomic E-state index is 0.541. The van der Waals surface area contributed by atoms with Gasteiger partial charge in [-0.2, -0.15) is 11.3 Å². The monoisotopic (exact) mass is 276 g/mol. The number of carboxylic acids is 1. The molecule has 6 heteroatoms. The summed E-state index contributed by atoms with van der Waals surface area (Å²) in [5, 5.41) is 24.0. The molecule has 0 aliphatic heterocycles. The molecule has 0 saturated carbocycles. The van der Waals surface area contributed by atoms with Crippen LogP contribution in [0.1, 0.15) is 6.92 Å². The fourth-order valence-electron chi connectivity index (χ4n) is 1.82. The Labute approximate surface area is 113 Å². The molecule has 0 bridgehead atoms. The zero-order chi connectivity index (χ0) is 14.0. The molecule has 1 heterocycles. The van der Waals surface area contributed by atoms with Crippen LogP contribution in [-0.4, -0.2) is 28.3 Å². The summed E-state index contributed by atoms with van der Waals surface area (Å²) in [4.78, 5) is 14.5. The first-order valence-corrected chi connectivity index (χ1v) is 6.47. The van der Waals surface area contributed by atoms with Gasteiger partial charge < -0.3 is 15.5 Å². The van der Waals surface area contributed by atoms with Crippen LogP contribution in [-0.2, 0) is 4.79 Å². The van der Waals surface area contributed by atoms with E-state index in [-0.39, 0.29) is 0 Å². The summed E-state index contributed by atoms with van der Waals surface area (Å²) >= 11 is 1.43. The summed E-state index contributed by atoms with van der Waals surface area (Å²) in [6, 6.07) is 4.07. The van der Waals surface area contributed by atoms with Crippen LogP contribution in [0, 0.1) is 6.57 Å². The van der Waals surface area contributed by atoms with Crippen molar-refractivity contribution in [3.63, 3.8) is 0 Å². The lowest BCUT2D eigenvalue weighted by Gasteiger charge is -2.19. The topological polar surface area (TPSA) is 73.9 Å². The number of benzene rings is 1. The van der Waals surface area contributed by atoms with E-state index in [1.54, 1.807) is 12.1 Å². The van der Waals surface area contributed by atoms with Crippen molar-refractivity contribution in [2.45, 2.75) is 19.1 Å². The Morgan fingerprint density at radius 3 is 2.79 bits per heavy atom. The van der Waals surface area contributed by atoms with Crippen molar-refractivity contribution in [1.82, 2.24) is 0 Å². The van der Waals surface area contributed by atoms with Gasteiger partial charge in [-0.15, -0.1) is 0 Å². The molecule has 0 aliphatic carbocycles. The Morgan fingerprint density at radius 1 is 1.47 bits per heavy atom. The van der Waals surface area contributed by atoms with Gasteiger partial charge in [0.25, 0.3) is 0 Å². The highest BCUT2D eigenvalue weighted by Crippen LogP contribution is 2.36. The molecule has 0 fully saturated rings. The summed E-state index contributed by atoms with van der Waals surface area (Å²) in [6.07, 6.45) is -1.02. The molecular formula is C13H12N2O3S. The van der Waals surface area contributed by atoms with E-state index in [2.05, 4.69) is 10.2 Å². The first-order chi connectivity index (χ1) is 9.04. The van der Waals surface area contributed by atoms with Crippen LogP contribution >= 0.6 is 11.3 Å². The number of anilines is 1. The Bertz CT molecular complexity index is 657. The Balaban J connectivity index is 2.44. The standard InChI is InChI=1S/C13H12N2O3S/c1-7(16)11(13(17)18)15-9-3-4-10(14-2)12-8(9)5-6-19-12/h3-7,11,15-16H,1H3,(H,17,18)/t7-,11+/m0/s1. The van der Waals surface area contributed by atoms with Gasteiger partial charge in [-0.1, -0.05) is 6.07 Å². The second-order valence-corrected chi connectivity index (χ2v) is 5.02. The molecule has 1 aromatic heterocycles. The average molecular weight is 276 g/mol. The van der Waals surface area contributed by atoms with Crippen LogP contribution in [0.4, 0.5) is 11.4 Å². The third kappa shape index (κ3) is 2.52. The van der Waals surface area contributed by atoms with Crippen molar-refractivity contribution in [2.75, 3.05) is 5.32 Å². The van der Waals surface area contributed by atoms with Gasteiger partial charge >= 0.3 is 5.97 Å². The molecule has 2 rings (SSSR count). The van der Waals surface area contributed by atoms with E-state index in [0.29, 0.717) is 11.4 Å². The second kappa shape index (κ2) is 5.26. The molecule has 2 aromatic rings. The smallest absolute Gasteiger partial charge is 0.328 e. The maximum absolute atomic E-state index is 11.1. The second-order valence-electron chi connectivity index (χ2n) is 4.11. The summed E-state index contributed by atoms with van der Waals surface area (Å²) in [7, 11) is 0. The first-order valence-electron chi connectivity index (χ1n) is 5.59. The first kappa shape index (κ1) is 13.3. The van der Waals surface area contributed by atoms with E-state index >= 15 is 0 Å². The van der Waals surface area contributed by atoms with Crippen molar-refractivity contribution < 1.29 is 15.0 Å². The van der Waals surface area contributed by atoms with E-state index in [0.717, 1.165) is 10.1 Å². The number of carboxylic acid groups (broad SMARTS) is 1. The van der Waals surface area contributed by atoms with E-state index in [1.807, 2.05) is 11.4 Å². The van der Waals surface area contributed by atoms with Gasteiger partial charge in [-0.3, -0.25) is 0 Å². The van der Waals surface area contributed by atoms with Crippen LogP contribution in [0.15, 0.2) is 23.6 Å². The third-order valence-corrected chi connectivity index (χ3v) is 3.71. The Hall–Kier alpha value is -2.10. The minimum Gasteiger partial charge on any atom is -0.480 e. The van der Waals surface area contributed by atoms with Gasteiger partial charge in [0.2, 0.25) is 5.69 Å². The summed E-state index contributed by atoms with van der Waals surface area (Å²) < 4.78 is 0.815. The van der Waals surface area contributed by atoms with Crippen molar-refractivity contribution in [3.05, 3.63) is 35.0 Å². The minimum atomic E-state index is -1.12. The summed E-state index contributed by atoms with van der Waals surface area (Å²) in [5.41, 5.74) is 1.15. The SMILES string of the molecule is [C-]#[N+]c1ccc(N[C@@H](C(=O)O)[C@H](C)O)c2ccsc12. The molecule has 19 heavy (non-hydrogen) atoms. The fraction of sp³-hybridized carbons (Fsp3) is 0.231. The predicted molar refractivity (Wildman–Crippen MR) is 74.8 cm³/mol. The number of fused-ring (bicyclic) bond motifs is 1. The van der Waals surface area contributed by atoms with Gasteiger partial charge in [0.1, 0.15) is 0 Å². The van der Waals surface area contributed by atoms with E-state index in [4.69, 9.17) is 11.7 Å². The molecule has 98 valence electrons. The van der Waals surface area contributed by atoms with Gasteiger partial charge in [-0.05, 0) is 24.4 Å². The number of nitrogens with zero attached hydrogens (tertiary/aromatic N) is 1. The molecule has 0 unspecified atom stereocenters. The number of aliphatic carboxylic acids is 1. The maximum atomic E-state index is 11.1. The number of carbonyl (C=O) groups is 1. The van der Waals surface area contributed by atoms with Gasteiger partial charge in [0.15, 0.2) is 6.04 Å². The molecule has 0 spiro atoms. The maximum Gasteiger partial charge on any atom is 0.328 e. The molecular weight excluding hydrogens is 264 g/mol. The van der Waals surface area contributed by atoms with Crippen molar-refractivity contribution in [1.29, 1.82) is 0 Å². The number of aliphatic hydroxyl groups excluding tert-OH is 1. The lowest BCUT2D eigenvalue weighted by Crippen LogP contribution is -2.38. The number of thiophene rings is 1. The lowest BCUT2D eigenvalue weighted by molar-refractivity contribution is -0.140. The predicted octanol–water partition coefficient (Wildman–Crippen LogP) is 2.70. The highest BCUT2D eigenvalue weighted by Gasteiger charge is 2.23. The number of rotatable bonds is 4. The van der Waals surface area contributed by atoms with E-state index < -0.39 is 18.1 Å². The van der Waals surface area contributed by atoms with Gasteiger partial charge in [-0.25, -0.2) is 9.64 Å².